The molecule has 8 nitrogen and oxygen atoms in total. The third-order valence-corrected chi connectivity index (χ3v) is 6.50. The van der Waals surface area contributed by atoms with Crippen LogP contribution >= 0.6 is 0 Å². The van der Waals surface area contributed by atoms with E-state index in [9.17, 15) is 9.59 Å². The average Bonchev–Trinajstić information content (AvgIpc) is 2.73. The van der Waals surface area contributed by atoms with Gasteiger partial charge in [0, 0.05) is 33.3 Å². The van der Waals surface area contributed by atoms with Crippen molar-refractivity contribution in [2.75, 3.05) is 34.3 Å². The summed E-state index contributed by atoms with van der Waals surface area (Å²) in [4.78, 5) is 33.7. The highest BCUT2D eigenvalue weighted by Gasteiger charge is 2.49. The molecule has 0 unspecified atom stereocenters. The lowest BCUT2D eigenvalue weighted by molar-refractivity contribution is -0.152. The molecule has 0 N–H and O–H groups in total. The molecule has 1 spiro atoms. The number of rotatable bonds is 3. The first kappa shape index (κ1) is 19.7. The van der Waals surface area contributed by atoms with E-state index in [4.69, 9.17) is 9.47 Å². The van der Waals surface area contributed by atoms with Gasteiger partial charge in [0.05, 0.1) is 30.4 Å². The summed E-state index contributed by atoms with van der Waals surface area (Å²) in [7, 11) is 7.18. The minimum atomic E-state index is -0.416. The van der Waals surface area contributed by atoms with Crippen molar-refractivity contribution in [3.63, 3.8) is 0 Å². The number of ether oxygens (including phenoxy) is 2. The first-order valence-electron chi connectivity index (χ1n) is 10.0. The highest BCUT2D eigenvalue weighted by atomic mass is 16.5. The van der Waals surface area contributed by atoms with Crippen molar-refractivity contribution in [1.82, 2.24) is 19.4 Å². The van der Waals surface area contributed by atoms with Crippen molar-refractivity contribution < 1.29 is 14.3 Å². The quantitative estimate of drug-likeness (QED) is 0.775. The maximum Gasteiger partial charge on any atom is 0.261 e. The molecule has 1 saturated carbocycles. The number of fused-ring (bicyclic) bond motifs is 1. The topological polar surface area (TPSA) is 76.9 Å². The summed E-state index contributed by atoms with van der Waals surface area (Å²) in [6.45, 7) is 1.66. The third kappa shape index (κ3) is 3.25. The Morgan fingerprint density at radius 1 is 1.07 bits per heavy atom. The van der Waals surface area contributed by atoms with Crippen LogP contribution in [0.15, 0.2) is 23.3 Å². The Kier molecular flexibility index (Phi) is 4.98. The fourth-order valence-corrected chi connectivity index (χ4v) is 4.57. The van der Waals surface area contributed by atoms with Gasteiger partial charge in [-0.1, -0.05) is 0 Å². The Morgan fingerprint density at radius 3 is 2.48 bits per heavy atom. The first-order chi connectivity index (χ1) is 13.9. The zero-order valence-electron chi connectivity index (χ0n) is 17.5. The molecular formula is C21H28N4O4. The van der Waals surface area contributed by atoms with E-state index in [1.165, 1.54) is 10.9 Å². The molecule has 0 atom stereocenters. The number of likely N-dealkylation sites (N-methyl/N-ethyl adjacent to an activating group) is 2. The molecule has 29 heavy (non-hydrogen) atoms. The van der Waals surface area contributed by atoms with Crippen LogP contribution in [0.5, 0.6) is 11.5 Å². The number of amides is 1. The SMILES string of the molecule is COc1cc2ncn(C)c(=O)c2cc1OC1CCC2(CC1)C(=O)N(C)CCN2C. The highest BCUT2D eigenvalue weighted by Crippen LogP contribution is 2.39. The summed E-state index contributed by atoms with van der Waals surface area (Å²) in [6, 6.07) is 3.46. The molecule has 0 radical (unpaired) electrons. The Hall–Kier alpha value is -2.61. The molecule has 4 rings (SSSR count). The van der Waals surface area contributed by atoms with Gasteiger partial charge in [0.15, 0.2) is 11.5 Å². The maximum atomic E-state index is 12.9. The van der Waals surface area contributed by atoms with E-state index in [1.54, 1.807) is 26.3 Å². The largest absolute Gasteiger partial charge is 0.493 e. The molecule has 2 aliphatic rings. The normalized spacial score (nSPS) is 25.6. The van der Waals surface area contributed by atoms with Gasteiger partial charge in [-0.15, -0.1) is 0 Å². The lowest BCUT2D eigenvalue weighted by Crippen LogP contribution is -2.65. The summed E-state index contributed by atoms with van der Waals surface area (Å²) in [5, 5.41) is 0.502. The molecule has 2 heterocycles. The van der Waals surface area contributed by atoms with Crippen LogP contribution in [0, 0.1) is 0 Å². The van der Waals surface area contributed by atoms with E-state index in [0.29, 0.717) is 22.4 Å². The van der Waals surface area contributed by atoms with Gasteiger partial charge in [-0.3, -0.25) is 14.5 Å². The predicted octanol–water partition coefficient (Wildman–Crippen LogP) is 1.41. The Labute approximate surface area is 170 Å². The zero-order chi connectivity index (χ0) is 20.8. The number of hydrogen-bond donors (Lipinski definition) is 0. The van der Waals surface area contributed by atoms with E-state index in [2.05, 4.69) is 9.88 Å². The smallest absolute Gasteiger partial charge is 0.261 e. The van der Waals surface area contributed by atoms with Crippen molar-refractivity contribution in [2.45, 2.75) is 37.3 Å². The Morgan fingerprint density at radius 2 is 1.79 bits per heavy atom. The molecule has 1 aliphatic heterocycles. The minimum absolute atomic E-state index is 0.0269. The Balaban J connectivity index is 1.56. The van der Waals surface area contributed by atoms with Crippen molar-refractivity contribution in [3.05, 3.63) is 28.8 Å². The lowest BCUT2D eigenvalue weighted by Gasteiger charge is -2.50. The van der Waals surface area contributed by atoms with Crippen molar-refractivity contribution >= 4 is 16.8 Å². The summed E-state index contributed by atoms with van der Waals surface area (Å²) in [5.74, 6) is 1.32. The number of hydrogen-bond acceptors (Lipinski definition) is 6. The lowest BCUT2D eigenvalue weighted by atomic mass is 9.77. The number of piperazine rings is 1. The molecule has 1 amide bonds. The standard InChI is InChI=1S/C21H28N4O4/c1-23-9-10-25(3)21(20(23)27)7-5-14(6-8-21)29-18-11-15-16(12-17(18)28-4)22-13-24(2)19(15)26/h11-14H,5-10H2,1-4H3. The maximum absolute atomic E-state index is 12.9. The monoisotopic (exact) mass is 400 g/mol. The molecule has 156 valence electrons. The Bertz CT molecular complexity index is 994. The van der Waals surface area contributed by atoms with E-state index >= 15 is 0 Å². The fraction of sp³-hybridized carbons (Fsp3) is 0.571. The number of carbonyl (C=O) groups is 1. The van der Waals surface area contributed by atoms with Crippen LogP contribution in [0.3, 0.4) is 0 Å². The van der Waals surface area contributed by atoms with Crippen LogP contribution < -0.4 is 15.0 Å². The van der Waals surface area contributed by atoms with E-state index in [0.717, 1.165) is 38.8 Å². The van der Waals surface area contributed by atoms with Gasteiger partial charge in [-0.05, 0) is 38.8 Å². The van der Waals surface area contributed by atoms with Crippen molar-refractivity contribution in [2.24, 2.45) is 7.05 Å². The second kappa shape index (κ2) is 7.33. The van der Waals surface area contributed by atoms with E-state index in [1.807, 2.05) is 19.0 Å². The minimum Gasteiger partial charge on any atom is -0.493 e. The average molecular weight is 400 g/mol. The zero-order valence-corrected chi connectivity index (χ0v) is 17.5. The summed E-state index contributed by atoms with van der Waals surface area (Å²) >= 11 is 0. The molecule has 2 fully saturated rings. The second-order valence-corrected chi connectivity index (χ2v) is 8.18. The summed E-state index contributed by atoms with van der Waals surface area (Å²) in [5.41, 5.74) is 0.0418. The van der Waals surface area contributed by atoms with Gasteiger partial charge in [0.25, 0.3) is 5.56 Å². The fourth-order valence-electron chi connectivity index (χ4n) is 4.57. The molecule has 2 aromatic rings. The van der Waals surface area contributed by atoms with Crippen LogP contribution in [0.1, 0.15) is 25.7 Å². The molecule has 1 aromatic heterocycles. The van der Waals surface area contributed by atoms with E-state index < -0.39 is 5.54 Å². The van der Waals surface area contributed by atoms with Gasteiger partial charge < -0.3 is 18.9 Å². The van der Waals surface area contributed by atoms with E-state index in [-0.39, 0.29) is 17.6 Å². The van der Waals surface area contributed by atoms with Gasteiger partial charge in [-0.2, -0.15) is 0 Å². The van der Waals surface area contributed by atoms with Gasteiger partial charge in [0.1, 0.15) is 5.54 Å². The number of nitrogens with zero attached hydrogens (tertiary/aromatic N) is 4. The van der Waals surface area contributed by atoms with Crippen molar-refractivity contribution in [3.8, 4) is 11.5 Å². The second-order valence-electron chi connectivity index (χ2n) is 8.18. The van der Waals surface area contributed by atoms with Crippen LogP contribution in [-0.4, -0.2) is 71.2 Å². The first-order valence-corrected chi connectivity index (χ1v) is 10.0. The van der Waals surface area contributed by atoms with Crippen LogP contribution in [-0.2, 0) is 11.8 Å². The highest BCUT2D eigenvalue weighted by molar-refractivity contribution is 5.87. The van der Waals surface area contributed by atoms with Gasteiger partial charge >= 0.3 is 0 Å². The number of carbonyl (C=O) groups excluding carboxylic acids is 1. The van der Waals surface area contributed by atoms with Crippen LogP contribution in [0.2, 0.25) is 0 Å². The number of aryl methyl sites for hydroxylation is 1. The molecule has 8 heteroatoms. The third-order valence-electron chi connectivity index (χ3n) is 6.50. The van der Waals surface area contributed by atoms with Crippen molar-refractivity contribution in [1.29, 1.82) is 0 Å². The van der Waals surface area contributed by atoms with Crippen LogP contribution in [0.25, 0.3) is 10.9 Å². The van der Waals surface area contributed by atoms with Gasteiger partial charge in [0.2, 0.25) is 5.91 Å². The predicted molar refractivity (Wildman–Crippen MR) is 109 cm³/mol. The number of methoxy groups -OCH3 is 1. The molecule has 1 aromatic carbocycles. The number of benzene rings is 1. The van der Waals surface area contributed by atoms with Crippen LogP contribution in [0.4, 0.5) is 0 Å². The molecule has 1 aliphatic carbocycles. The molecule has 0 bridgehead atoms. The molecule has 1 saturated heterocycles. The summed E-state index contributed by atoms with van der Waals surface area (Å²) < 4.78 is 13.2. The summed E-state index contributed by atoms with van der Waals surface area (Å²) in [6.07, 6.45) is 4.54. The molecular weight excluding hydrogens is 372 g/mol. The van der Waals surface area contributed by atoms with Gasteiger partial charge in [-0.25, -0.2) is 4.98 Å². The number of aromatic nitrogens is 2.